The molecule has 1 amide bonds. The van der Waals surface area contributed by atoms with Gasteiger partial charge in [-0.15, -0.1) is 0 Å². The number of ketones is 1. The topological polar surface area (TPSA) is 62.6 Å². The van der Waals surface area contributed by atoms with Crippen molar-refractivity contribution in [2.24, 2.45) is 0 Å². The van der Waals surface area contributed by atoms with Crippen molar-refractivity contribution in [3.8, 4) is 0 Å². The van der Waals surface area contributed by atoms with Gasteiger partial charge in [-0.05, 0) is 45.0 Å². The van der Waals surface area contributed by atoms with Gasteiger partial charge in [-0.1, -0.05) is 29.8 Å². The maximum absolute atomic E-state index is 12.2. The number of furan rings is 1. The van der Waals surface area contributed by atoms with Gasteiger partial charge in [0.05, 0.1) is 12.3 Å². The first-order valence-corrected chi connectivity index (χ1v) is 9.27. The number of carbonyl (C=O) groups is 2. The molecular formula is C21H26N2O3. The Balaban J connectivity index is 1.49. The van der Waals surface area contributed by atoms with Crippen LogP contribution >= 0.6 is 0 Å². The molecule has 1 aromatic heterocycles. The normalized spacial score (nSPS) is 15.7. The predicted octanol–water partition coefficient (Wildman–Crippen LogP) is 3.50. The molecule has 26 heavy (non-hydrogen) atoms. The Kier molecular flexibility index (Phi) is 6.23. The van der Waals surface area contributed by atoms with Crippen LogP contribution < -0.4 is 5.32 Å². The summed E-state index contributed by atoms with van der Waals surface area (Å²) < 4.78 is 5.56. The standard InChI is InChI=1S/C21H26N2O3/c1-16-6-8-17(9-7-16)19(24)10-11-21(25)22-15-18(20-5-4-14-26-20)23-12-2-3-13-23/h4-9,14,18H,2-3,10-13,15H2,1H3,(H,22,25). The summed E-state index contributed by atoms with van der Waals surface area (Å²) in [5, 5.41) is 2.97. The van der Waals surface area contributed by atoms with Crippen LogP contribution in [0, 0.1) is 6.92 Å². The van der Waals surface area contributed by atoms with Crippen LogP contribution in [0.4, 0.5) is 0 Å². The molecule has 0 aliphatic carbocycles. The first-order chi connectivity index (χ1) is 12.6. The molecule has 5 nitrogen and oxygen atoms in total. The average molecular weight is 354 g/mol. The lowest BCUT2D eigenvalue weighted by Crippen LogP contribution is -2.36. The Morgan fingerprint density at radius 3 is 2.50 bits per heavy atom. The number of hydrogen-bond acceptors (Lipinski definition) is 4. The van der Waals surface area contributed by atoms with E-state index in [1.54, 1.807) is 6.26 Å². The zero-order valence-corrected chi connectivity index (χ0v) is 15.2. The Bertz CT molecular complexity index is 716. The van der Waals surface area contributed by atoms with Crippen molar-refractivity contribution in [2.75, 3.05) is 19.6 Å². The summed E-state index contributed by atoms with van der Waals surface area (Å²) in [6, 6.07) is 11.3. The molecule has 2 heterocycles. The van der Waals surface area contributed by atoms with Crippen LogP contribution in [0.3, 0.4) is 0 Å². The summed E-state index contributed by atoms with van der Waals surface area (Å²) in [5.74, 6) is 0.784. The monoisotopic (exact) mass is 354 g/mol. The molecule has 0 radical (unpaired) electrons. The fourth-order valence-electron chi connectivity index (χ4n) is 3.35. The van der Waals surface area contributed by atoms with E-state index >= 15 is 0 Å². The number of amides is 1. The maximum Gasteiger partial charge on any atom is 0.220 e. The molecule has 5 heteroatoms. The Labute approximate surface area is 154 Å². The molecule has 1 aliphatic rings. The minimum atomic E-state index is -0.0961. The second kappa shape index (κ2) is 8.81. The van der Waals surface area contributed by atoms with E-state index in [0.29, 0.717) is 12.1 Å². The van der Waals surface area contributed by atoms with E-state index in [2.05, 4.69) is 10.2 Å². The molecule has 1 aliphatic heterocycles. The second-order valence-corrected chi connectivity index (χ2v) is 6.87. The lowest BCUT2D eigenvalue weighted by molar-refractivity contribution is -0.121. The van der Waals surface area contributed by atoms with Crippen molar-refractivity contribution in [3.63, 3.8) is 0 Å². The van der Waals surface area contributed by atoms with Gasteiger partial charge in [0.1, 0.15) is 5.76 Å². The van der Waals surface area contributed by atoms with Crippen LogP contribution in [-0.4, -0.2) is 36.2 Å². The number of likely N-dealkylation sites (tertiary alicyclic amines) is 1. The van der Waals surface area contributed by atoms with E-state index in [4.69, 9.17) is 4.42 Å². The average Bonchev–Trinajstić information content (AvgIpc) is 3.35. The van der Waals surface area contributed by atoms with Gasteiger partial charge in [0.15, 0.2) is 5.78 Å². The highest BCUT2D eigenvalue weighted by Crippen LogP contribution is 2.24. The third-order valence-corrected chi connectivity index (χ3v) is 4.90. The number of Topliss-reactive ketones (excluding diaryl/α,β-unsaturated/α-hetero) is 1. The quantitative estimate of drug-likeness (QED) is 0.737. The van der Waals surface area contributed by atoms with Gasteiger partial charge >= 0.3 is 0 Å². The van der Waals surface area contributed by atoms with E-state index in [1.807, 2.05) is 43.3 Å². The Morgan fingerprint density at radius 1 is 1.12 bits per heavy atom. The molecule has 1 saturated heterocycles. The number of carbonyl (C=O) groups excluding carboxylic acids is 2. The molecule has 1 N–H and O–H groups in total. The number of rotatable bonds is 8. The molecular weight excluding hydrogens is 328 g/mol. The van der Waals surface area contributed by atoms with Gasteiger partial charge in [-0.2, -0.15) is 0 Å². The van der Waals surface area contributed by atoms with Gasteiger partial charge in [0, 0.05) is 24.9 Å². The second-order valence-electron chi connectivity index (χ2n) is 6.87. The van der Waals surface area contributed by atoms with E-state index in [-0.39, 0.29) is 30.6 Å². The van der Waals surface area contributed by atoms with Crippen molar-refractivity contribution in [2.45, 2.75) is 38.6 Å². The summed E-state index contributed by atoms with van der Waals surface area (Å²) in [4.78, 5) is 26.7. The zero-order chi connectivity index (χ0) is 18.4. The summed E-state index contributed by atoms with van der Waals surface area (Å²) in [6.07, 6.45) is 4.45. The summed E-state index contributed by atoms with van der Waals surface area (Å²) >= 11 is 0. The van der Waals surface area contributed by atoms with E-state index in [9.17, 15) is 9.59 Å². The highest BCUT2D eigenvalue weighted by atomic mass is 16.3. The van der Waals surface area contributed by atoms with Crippen LogP contribution in [0.1, 0.15) is 53.4 Å². The minimum absolute atomic E-state index is 0.00211. The molecule has 1 fully saturated rings. The van der Waals surface area contributed by atoms with Crippen LogP contribution in [0.25, 0.3) is 0 Å². The van der Waals surface area contributed by atoms with E-state index in [0.717, 1.165) is 24.4 Å². The largest absolute Gasteiger partial charge is 0.468 e. The van der Waals surface area contributed by atoms with Crippen molar-refractivity contribution in [1.29, 1.82) is 0 Å². The van der Waals surface area contributed by atoms with Gasteiger partial charge in [0.2, 0.25) is 5.91 Å². The smallest absolute Gasteiger partial charge is 0.220 e. The van der Waals surface area contributed by atoms with Gasteiger partial charge in [-0.3, -0.25) is 14.5 Å². The molecule has 2 aromatic rings. The highest BCUT2D eigenvalue weighted by molar-refractivity contribution is 5.97. The minimum Gasteiger partial charge on any atom is -0.468 e. The highest BCUT2D eigenvalue weighted by Gasteiger charge is 2.25. The fourth-order valence-corrected chi connectivity index (χ4v) is 3.35. The maximum atomic E-state index is 12.2. The Morgan fingerprint density at radius 2 is 1.85 bits per heavy atom. The summed E-state index contributed by atoms with van der Waals surface area (Å²) in [6.45, 7) is 4.53. The molecule has 1 aromatic carbocycles. The zero-order valence-electron chi connectivity index (χ0n) is 15.2. The van der Waals surface area contributed by atoms with Crippen molar-refractivity contribution in [3.05, 3.63) is 59.5 Å². The van der Waals surface area contributed by atoms with E-state index in [1.165, 1.54) is 12.8 Å². The Hall–Kier alpha value is -2.40. The molecule has 0 bridgehead atoms. The lowest BCUT2D eigenvalue weighted by Gasteiger charge is -2.26. The number of nitrogens with one attached hydrogen (secondary N) is 1. The van der Waals surface area contributed by atoms with Crippen LogP contribution in [-0.2, 0) is 4.79 Å². The summed E-state index contributed by atoms with van der Waals surface area (Å²) in [7, 11) is 0. The van der Waals surface area contributed by atoms with Crippen LogP contribution in [0.2, 0.25) is 0 Å². The molecule has 3 rings (SSSR count). The fraction of sp³-hybridized carbons (Fsp3) is 0.429. The molecule has 138 valence electrons. The summed E-state index contributed by atoms with van der Waals surface area (Å²) in [5.41, 5.74) is 1.78. The number of benzene rings is 1. The van der Waals surface area contributed by atoms with Gasteiger partial charge in [0.25, 0.3) is 0 Å². The predicted molar refractivity (Wildman–Crippen MR) is 100 cm³/mol. The van der Waals surface area contributed by atoms with Crippen molar-refractivity contribution in [1.82, 2.24) is 10.2 Å². The number of aryl methyl sites for hydroxylation is 1. The van der Waals surface area contributed by atoms with Crippen molar-refractivity contribution < 1.29 is 14.0 Å². The third kappa shape index (κ3) is 4.82. The van der Waals surface area contributed by atoms with Crippen molar-refractivity contribution >= 4 is 11.7 Å². The number of hydrogen-bond donors (Lipinski definition) is 1. The molecule has 1 atom stereocenters. The first-order valence-electron chi connectivity index (χ1n) is 9.27. The van der Waals surface area contributed by atoms with E-state index < -0.39 is 0 Å². The van der Waals surface area contributed by atoms with Crippen LogP contribution in [0.5, 0.6) is 0 Å². The SMILES string of the molecule is Cc1ccc(C(=O)CCC(=O)NCC(c2ccco2)N2CCCC2)cc1. The van der Waals surface area contributed by atoms with Gasteiger partial charge in [-0.25, -0.2) is 0 Å². The van der Waals surface area contributed by atoms with Gasteiger partial charge < -0.3 is 9.73 Å². The van der Waals surface area contributed by atoms with Crippen LogP contribution in [0.15, 0.2) is 47.1 Å². The number of nitrogens with zero attached hydrogens (tertiary/aromatic N) is 1. The molecule has 0 spiro atoms. The lowest BCUT2D eigenvalue weighted by atomic mass is 10.0. The third-order valence-electron chi connectivity index (χ3n) is 4.90. The molecule has 1 unspecified atom stereocenters. The first kappa shape index (κ1) is 18.4. The molecule has 0 saturated carbocycles.